The molecule has 1 unspecified atom stereocenters. The fourth-order valence-electron chi connectivity index (χ4n) is 1.71. The Balaban J connectivity index is 2.02. The molecule has 0 saturated carbocycles. The van der Waals surface area contributed by atoms with Crippen LogP contribution in [-0.4, -0.2) is 35.5 Å². The molecule has 0 spiro atoms. The van der Waals surface area contributed by atoms with Crippen LogP contribution in [0.5, 0.6) is 0 Å². The summed E-state index contributed by atoms with van der Waals surface area (Å²) in [5, 5.41) is 14.0. The Hall–Kier alpha value is -1.89. The van der Waals surface area contributed by atoms with E-state index in [9.17, 15) is 14.4 Å². The maximum absolute atomic E-state index is 11.8. The number of carboxylic acids is 1. The zero-order valence-electron chi connectivity index (χ0n) is 9.43. The van der Waals surface area contributed by atoms with Gasteiger partial charge in [-0.25, -0.2) is 4.79 Å². The first-order valence-electron chi connectivity index (χ1n) is 5.49. The van der Waals surface area contributed by atoms with Crippen LogP contribution in [0.2, 0.25) is 0 Å². The summed E-state index contributed by atoms with van der Waals surface area (Å²) in [5.74, 6) is -1.66. The molecule has 0 radical (unpaired) electrons. The van der Waals surface area contributed by atoms with E-state index in [1.165, 1.54) is 12.1 Å². The van der Waals surface area contributed by atoms with Gasteiger partial charge in [0.15, 0.2) is 0 Å². The van der Waals surface area contributed by atoms with E-state index >= 15 is 0 Å². The molecule has 1 aromatic rings. The first-order valence-corrected chi connectivity index (χ1v) is 6.31. The Morgan fingerprint density at radius 3 is 2.72 bits per heavy atom. The van der Waals surface area contributed by atoms with Gasteiger partial charge in [0.1, 0.15) is 10.9 Å². The van der Waals surface area contributed by atoms with Gasteiger partial charge in [0.2, 0.25) is 5.91 Å². The van der Waals surface area contributed by atoms with Crippen molar-refractivity contribution < 1.29 is 19.5 Å². The number of hydrogen-bond donors (Lipinski definition) is 3. The van der Waals surface area contributed by atoms with Crippen molar-refractivity contribution in [3.05, 3.63) is 21.9 Å². The van der Waals surface area contributed by atoms with Crippen molar-refractivity contribution in [2.45, 2.75) is 18.9 Å². The third-order valence-corrected chi connectivity index (χ3v) is 3.70. The third kappa shape index (κ3) is 2.67. The zero-order chi connectivity index (χ0) is 13.1. The Bertz CT molecular complexity index is 497. The molecule has 2 heterocycles. The number of carbonyl (C=O) groups is 3. The molecule has 2 rings (SSSR count). The number of hydrogen-bond acceptors (Lipinski definition) is 4. The van der Waals surface area contributed by atoms with Gasteiger partial charge in [0.25, 0.3) is 5.91 Å². The van der Waals surface area contributed by atoms with Gasteiger partial charge in [0, 0.05) is 6.54 Å². The van der Waals surface area contributed by atoms with E-state index in [1.54, 1.807) is 0 Å². The molecule has 3 N–H and O–H groups in total. The number of rotatable bonds is 3. The first-order chi connectivity index (χ1) is 8.58. The topological polar surface area (TPSA) is 95.5 Å². The maximum Gasteiger partial charge on any atom is 0.345 e. The summed E-state index contributed by atoms with van der Waals surface area (Å²) in [6.07, 6.45) is 1.43. The minimum Gasteiger partial charge on any atom is -0.477 e. The van der Waals surface area contributed by atoms with Crippen LogP contribution >= 0.6 is 11.3 Å². The monoisotopic (exact) mass is 268 g/mol. The highest BCUT2D eigenvalue weighted by Crippen LogP contribution is 2.16. The van der Waals surface area contributed by atoms with Crippen molar-refractivity contribution in [3.8, 4) is 0 Å². The third-order valence-electron chi connectivity index (χ3n) is 2.63. The van der Waals surface area contributed by atoms with Crippen LogP contribution in [0.1, 0.15) is 32.2 Å². The van der Waals surface area contributed by atoms with Crippen LogP contribution < -0.4 is 10.6 Å². The van der Waals surface area contributed by atoms with E-state index < -0.39 is 17.9 Å². The van der Waals surface area contributed by atoms with Gasteiger partial charge in [0.05, 0.1) is 4.88 Å². The standard InChI is InChI=1S/C11H12N2O4S/c14-9-6(2-1-5-12-9)13-10(15)7-3-4-8(18-7)11(16)17/h3-4,6H,1-2,5H2,(H,12,14)(H,13,15)(H,16,17). The molecular weight excluding hydrogens is 256 g/mol. The molecule has 1 aliphatic heterocycles. The Kier molecular flexibility index (Phi) is 3.61. The predicted octanol–water partition coefficient (Wildman–Crippen LogP) is 0.455. The van der Waals surface area contributed by atoms with Crippen LogP contribution in [0.25, 0.3) is 0 Å². The highest BCUT2D eigenvalue weighted by molar-refractivity contribution is 7.15. The Morgan fingerprint density at radius 2 is 2.11 bits per heavy atom. The number of thiophene rings is 1. The zero-order valence-corrected chi connectivity index (χ0v) is 10.3. The Morgan fingerprint density at radius 1 is 1.39 bits per heavy atom. The van der Waals surface area contributed by atoms with Crippen molar-refractivity contribution >= 4 is 29.1 Å². The number of nitrogens with one attached hydrogen (secondary N) is 2. The van der Waals surface area contributed by atoms with E-state index in [0.29, 0.717) is 17.8 Å². The lowest BCUT2D eigenvalue weighted by atomic mass is 10.1. The first kappa shape index (κ1) is 12.6. The van der Waals surface area contributed by atoms with E-state index in [2.05, 4.69) is 10.6 Å². The maximum atomic E-state index is 11.8. The van der Waals surface area contributed by atoms with E-state index in [1.807, 2.05) is 0 Å². The minimum atomic E-state index is -1.06. The van der Waals surface area contributed by atoms with Gasteiger partial charge in [-0.2, -0.15) is 0 Å². The quantitative estimate of drug-likeness (QED) is 0.742. The molecule has 7 heteroatoms. The van der Waals surface area contributed by atoms with Crippen molar-refractivity contribution in [1.29, 1.82) is 0 Å². The molecule has 18 heavy (non-hydrogen) atoms. The second-order valence-corrected chi connectivity index (χ2v) is 5.01. The summed E-state index contributed by atoms with van der Waals surface area (Å²) < 4.78 is 0. The number of carboxylic acid groups (broad SMARTS) is 1. The lowest BCUT2D eigenvalue weighted by Crippen LogP contribution is -2.50. The predicted molar refractivity (Wildman–Crippen MR) is 64.8 cm³/mol. The molecular formula is C11H12N2O4S. The van der Waals surface area contributed by atoms with Gasteiger partial charge in [-0.05, 0) is 25.0 Å². The van der Waals surface area contributed by atoms with Crippen molar-refractivity contribution in [2.75, 3.05) is 6.54 Å². The van der Waals surface area contributed by atoms with Gasteiger partial charge in [-0.3, -0.25) is 9.59 Å². The van der Waals surface area contributed by atoms with E-state index in [4.69, 9.17) is 5.11 Å². The number of carbonyl (C=O) groups excluding carboxylic acids is 2. The molecule has 1 fully saturated rings. The molecule has 0 bridgehead atoms. The average molecular weight is 268 g/mol. The SMILES string of the molecule is O=C(O)c1ccc(C(=O)NC2CCCNC2=O)s1. The summed E-state index contributed by atoms with van der Waals surface area (Å²) in [7, 11) is 0. The van der Waals surface area contributed by atoms with Crippen LogP contribution in [-0.2, 0) is 4.79 Å². The molecule has 1 saturated heterocycles. The number of amides is 2. The molecule has 2 amide bonds. The van der Waals surface area contributed by atoms with Crippen LogP contribution in [0.15, 0.2) is 12.1 Å². The van der Waals surface area contributed by atoms with Gasteiger partial charge in [-0.1, -0.05) is 0 Å². The fourth-order valence-corrected chi connectivity index (χ4v) is 2.46. The lowest BCUT2D eigenvalue weighted by Gasteiger charge is -2.22. The highest BCUT2D eigenvalue weighted by atomic mass is 32.1. The average Bonchev–Trinajstić information content (AvgIpc) is 2.81. The van der Waals surface area contributed by atoms with Crippen LogP contribution in [0.3, 0.4) is 0 Å². The van der Waals surface area contributed by atoms with Gasteiger partial charge < -0.3 is 15.7 Å². The number of aromatic carboxylic acids is 1. The van der Waals surface area contributed by atoms with Crippen LogP contribution in [0, 0.1) is 0 Å². The highest BCUT2D eigenvalue weighted by Gasteiger charge is 2.24. The summed E-state index contributed by atoms with van der Waals surface area (Å²) in [4.78, 5) is 34.4. The number of piperidine rings is 1. The molecule has 0 aliphatic carbocycles. The molecule has 6 nitrogen and oxygen atoms in total. The van der Waals surface area contributed by atoms with Gasteiger partial charge in [-0.15, -0.1) is 11.3 Å². The summed E-state index contributed by atoms with van der Waals surface area (Å²) in [6, 6.07) is 2.30. The largest absolute Gasteiger partial charge is 0.477 e. The van der Waals surface area contributed by atoms with Crippen molar-refractivity contribution in [3.63, 3.8) is 0 Å². The van der Waals surface area contributed by atoms with Gasteiger partial charge >= 0.3 is 5.97 Å². The minimum absolute atomic E-state index is 0.105. The molecule has 96 valence electrons. The Labute approximate surface area is 107 Å². The molecule has 0 aromatic carbocycles. The normalized spacial score (nSPS) is 19.1. The second-order valence-electron chi connectivity index (χ2n) is 3.93. The molecule has 1 aromatic heterocycles. The van der Waals surface area contributed by atoms with Crippen molar-refractivity contribution in [1.82, 2.24) is 10.6 Å². The van der Waals surface area contributed by atoms with Crippen LogP contribution in [0.4, 0.5) is 0 Å². The fraction of sp³-hybridized carbons (Fsp3) is 0.364. The molecule has 1 aliphatic rings. The summed E-state index contributed by atoms with van der Waals surface area (Å²) in [5.41, 5.74) is 0. The molecule has 1 atom stereocenters. The van der Waals surface area contributed by atoms with E-state index in [-0.39, 0.29) is 10.8 Å². The summed E-state index contributed by atoms with van der Waals surface area (Å²) >= 11 is 0.896. The lowest BCUT2D eigenvalue weighted by molar-refractivity contribution is -0.124. The summed E-state index contributed by atoms with van der Waals surface area (Å²) in [6.45, 7) is 0.632. The smallest absolute Gasteiger partial charge is 0.345 e. The second kappa shape index (κ2) is 5.18. The van der Waals surface area contributed by atoms with E-state index in [0.717, 1.165) is 17.8 Å². The van der Waals surface area contributed by atoms with Crippen molar-refractivity contribution in [2.24, 2.45) is 0 Å².